The third-order valence-corrected chi connectivity index (χ3v) is 4.72. The van der Waals surface area contributed by atoms with Gasteiger partial charge in [0.2, 0.25) is 0 Å². The van der Waals surface area contributed by atoms with Gasteiger partial charge in [0.1, 0.15) is 0 Å². The van der Waals surface area contributed by atoms with Crippen LogP contribution in [0.25, 0.3) is 0 Å². The van der Waals surface area contributed by atoms with Crippen molar-refractivity contribution in [1.82, 2.24) is 9.13 Å². The van der Waals surface area contributed by atoms with Crippen molar-refractivity contribution in [1.29, 1.82) is 0 Å². The molecule has 10 heteroatoms. The van der Waals surface area contributed by atoms with Gasteiger partial charge in [0.05, 0.1) is 12.2 Å². The molecular formula is C15H17N3O6S. The number of nitrogens with zero attached hydrogens (tertiary/aromatic N) is 2. The SMILES string of the molecule is CCOC(=O)c1ccc(NS(=O)(=O)c2cn(C)c(=O)n(C)c2=O)cc1. The highest BCUT2D eigenvalue weighted by Crippen LogP contribution is 2.14. The van der Waals surface area contributed by atoms with Crippen LogP contribution in [0.2, 0.25) is 0 Å². The zero-order valence-corrected chi connectivity index (χ0v) is 14.7. The maximum Gasteiger partial charge on any atom is 0.338 e. The molecule has 2 aromatic rings. The second-order valence-corrected chi connectivity index (χ2v) is 6.81. The molecule has 0 saturated heterocycles. The first-order chi connectivity index (χ1) is 11.7. The van der Waals surface area contributed by atoms with Crippen LogP contribution in [-0.2, 0) is 28.9 Å². The first-order valence-corrected chi connectivity index (χ1v) is 8.72. The summed E-state index contributed by atoms with van der Waals surface area (Å²) in [6, 6.07) is 5.54. The first-order valence-electron chi connectivity index (χ1n) is 7.24. The molecule has 0 amide bonds. The van der Waals surface area contributed by atoms with Gasteiger partial charge in [0.15, 0.2) is 4.90 Å². The van der Waals surface area contributed by atoms with E-state index < -0.39 is 32.1 Å². The van der Waals surface area contributed by atoms with E-state index in [1.165, 1.54) is 38.4 Å². The van der Waals surface area contributed by atoms with E-state index in [9.17, 15) is 22.8 Å². The first kappa shape index (κ1) is 18.5. The monoisotopic (exact) mass is 367 g/mol. The summed E-state index contributed by atoms with van der Waals surface area (Å²) in [5.41, 5.74) is -1.15. The van der Waals surface area contributed by atoms with E-state index in [1.807, 2.05) is 0 Å². The summed E-state index contributed by atoms with van der Waals surface area (Å²) < 4.78 is 33.6. The van der Waals surface area contributed by atoms with Crippen molar-refractivity contribution in [3.05, 3.63) is 56.9 Å². The number of sulfonamides is 1. The highest BCUT2D eigenvalue weighted by atomic mass is 32.2. The van der Waals surface area contributed by atoms with Crippen molar-refractivity contribution in [2.24, 2.45) is 14.1 Å². The molecule has 0 radical (unpaired) electrons. The highest BCUT2D eigenvalue weighted by Gasteiger charge is 2.21. The number of benzene rings is 1. The van der Waals surface area contributed by atoms with E-state index in [0.717, 1.165) is 10.8 Å². The molecule has 1 heterocycles. The summed E-state index contributed by atoms with van der Waals surface area (Å²) in [6.07, 6.45) is 0.958. The third kappa shape index (κ3) is 3.79. The Morgan fingerprint density at radius 1 is 1.16 bits per heavy atom. The Balaban J connectivity index is 2.36. The van der Waals surface area contributed by atoms with Crippen LogP contribution in [0.4, 0.5) is 5.69 Å². The van der Waals surface area contributed by atoms with Crippen molar-refractivity contribution >= 4 is 21.7 Å². The summed E-state index contributed by atoms with van der Waals surface area (Å²) in [5, 5.41) is 0. The standard InChI is InChI=1S/C15H17N3O6S/c1-4-24-14(20)10-5-7-11(8-6-10)16-25(22,23)12-9-17(2)15(21)18(3)13(12)19/h5-9,16H,4H2,1-3H3. The quantitative estimate of drug-likeness (QED) is 0.747. The van der Waals surface area contributed by atoms with Gasteiger partial charge in [-0.1, -0.05) is 0 Å². The second kappa shape index (κ2) is 6.93. The summed E-state index contributed by atoms with van der Waals surface area (Å²) in [6.45, 7) is 1.90. The molecule has 0 aliphatic carbocycles. The Labute approximate surface area is 143 Å². The molecule has 25 heavy (non-hydrogen) atoms. The van der Waals surface area contributed by atoms with E-state index in [2.05, 4.69) is 4.72 Å². The summed E-state index contributed by atoms with van der Waals surface area (Å²) in [5.74, 6) is -0.524. The van der Waals surface area contributed by atoms with Crippen LogP contribution >= 0.6 is 0 Å². The van der Waals surface area contributed by atoms with Crippen molar-refractivity contribution < 1.29 is 17.9 Å². The van der Waals surface area contributed by atoms with Crippen LogP contribution < -0.4 is 16.0 Å². The molecular weight excluding hydrogens is 350 g/mol. The zero-order valence-electron chi connectivity index (χ0n) is 13.8. The van der Waals surface area contributed by atoms with Crippen LogP contribution in [-0.4, -0.2) is 30.1 Å². The van der Waals surface area contributed by atoms with Gasteiger partial charge in [-0.25, -0.2) is 18.0 Å². The largest absolute Gasteiger partial charge is 0.462 e. The number of nitrogens with one attached hydrogen (secondary N) is 1. The van der Waals surface area contributed by atoms with E-state index >= 15 is 0 Å². The third-order valence-electron chi connectivity index (χ3n) is 3.35. The predicted octanol–water partition coefficient (Wildman–Crippen LogP) is 0.0615. The fraction of sp³-hybridized carbons (Fsp3) is 0.267. The van der Waals surface area contributed by atoms with Crippen LogP contribution in [0.3, 0.4) is 0 Å². The topological polar surface area (TPSA) is 116 Å². The Hall–Kier alpha value is -2.88. The molecule has 0 unspecified atom stereocenters. The fourth-order valence-electron chi connectivity index (χ4n) is 2.06. The fourth-order valence-corrected chi connectivity index (χ4v) is 3.28. The summed E-state index contributed by atoms with van der Waals surface area (Å²) >= 11 is 0. The number of esters is 1. The lowest BCUT2D eigenvalue weighted by atomic mass is 10.2. The van der Waals surface area contributed by atoms with Crippen LogP contribution in [0.15, 0.2) is 44.9 Å². The number of rotatable bonds is 5. The Morgan fingerprint density at radius 2 is 1.76 bits per heavy atom. The molecule has 1 aromatic heterocycles. The lowest BCUT2D eigenvalue weighted by Gasteiger charge is -2.10. The average Bonchev–Trinajstić information content (AvgIpc) is 2.56. The smallest absolute Gasteiger partial charge is 0.338 e. The van der Waals surface area contributed by atoms with Crippen molar-refractivity contribution in [2.75, 3.05) is 11.3 Å². The minimum atomic E-state index is -4.21. The van der Waals surface area contributed by atoms with Crippen LogP contribution in [0.5, 0.6) is 0 Å². The molecule has 0 atom stereocenters. The lowest BCUT2D eigenvalue weighted by molar-refractivity contribution is 0.0526. The van der Waals surface area contributed by atoms with Gasteiger partial charge in [-0.3, -0.25) is 14.1 Å². The van der Waals surface area contributed by atoms with E-state index in [-0.39, 0.29) is 17.9 Å². The van der Waals surface area contributed by atoms with Gasteiger partial charge in [-0.15, -0.1) is 0 Å². The van der Waals surface area contributed by atoms with Crippen molar-refractivity contribution in [3.8, 4) is 0 Å². The number of anilines is 1. The lowest BCUT2D eigenvalue weighted by Crippen LogP contribution is -2.40. The van der Waals surface area contributed by atoms with E-state index in [0.29, 0.717) is 4.57 Å². The maximum absolute atomic E-state index is 12.4. The zero-order chi connectivity index (χ0) is 18.8. The number of aryl methyl sites for hydroxylation is 1. The molecule has 0 fully saturated rings. The maximum atomic E-state index is 12.4. The molecule has 9 nitrogen and oxygen atoms in total. The molecule has 2 rings (SSSR count). The minimum absolute atomic E-state index is 0.156. The highest BCUT2D eigenvalue weighted by molar-refractivity contribution is 7.92. The van der Waals surface area contributed by atoms with E-state index in [1.54, 1.807) is 6.92 Å². The molecule has 0 spiro atoms. The molecule has 134 valence electrons. The van der Waals surface area contributed by atoms with E-state index in [4.69, 9.17) is 4.74 Å². The normalized spacial score (nSPS) is 11.2. The molecule has 0 aliphatic heterocycles. The number of carbonyl (C=O) groups is 1. The molecule has 0 bridgehead atoms. The van der Waals surface area contributed by atoms with Gasteiger partial charge < -0.3 is 9.30 Å². The molecule has 1 N–H and O–H groups in total. The van der Waals surface area contributed by atoms with Gasteiger partial charge in [0, 0.05) is 26.0 Å². The number of hydrogen-bond acceptors (Lipinski definition) is 6. The molecule has 0 saturated carbocycles. The number of hydrogen-bond donors (Lipinski definition) is 1. The van der Waals surface area contributed by atoms with Crippen LogP contribution in [0.1, 0.15) is 17.3 Å². The second-order valence-electron chi connectivity index (χ2n) is 5.15. The summed E-state index contributed by atoms with van der Waals surface area (Å²) in [7, 11) is -1.67. The number of carbonyl (C=O) groups excluding carboxylic acids is 1. The van der Waals surface area contributed by atoms with Crippen molar-refractivity contribution in [3.63, 3.8) is 0 Å². The minimum Gasteiger partial charge on any atom is -0.462 e. The van der Waals surface area contributed by atoms with Gasteiger partial charge in [-0.05, 0) is 31.2 Å². The molecule has 0 aliphatic rings. The van der Waals surface area contributed by atoms with Crippen LogP contribution in [0, 0.1) is 0 Å². The van der Waals surface area contributed by atoms with Crippen molar-refractivity contribution in [2.45, 2.75) is 11.8 Å². The Kier molecular flexibility index (Phi) is 5.12. The van der Waals surface area contributed by atoms with Gasteiger partial charge >= 0.3 is 11.7 Å². The summed E-state index contributed by atoms with van der Waals surface area (Å²) in [4.78, 5) is 34.7. The van der Waals surface area contributed by atoms with Gasteiger partial charge in [0.25, 0.3) is 15.6 Å². The Morgan fingerprint density at radius 3 is 2.32 bits per heavy atom. The Bertz CT molecular complexity index is 1020. The number of ether oxygens (including phenoxy) is 1. The number of aromatic nitrogens is 2. The van der Waals surface area contributed by atoms with Gasteiger partial charge in [-0.2, -0.15) is 0 Å². The molecule has 1 aromatic carbocycles. The predicted molar refractivity (Wildman–Crippen MR) is 90.1 cm³/mol. The average molecular weight is 367 g/mol.